The number of carbonyl (C=O) groups excluding carboxylic acids is 1. The van der Waals surface area contributed by atoms with Crippen molar-refractivity contribution in [2.45, 2.75) is 15.4 Å². The zero-order valence-corrected chi connectivity index (χ0v) is 24.4. The topological polar surface area (TPSA) is 107 Å². The number of sulfonamides is 1. The lowest BCUT2D eigenvalue weighted by molar-refractivity contribution is -0.0429. The van der Waals surface area contributed by atoms with Crippen LogP contribution in [0.1, 0.15) is 10.4 Å². The average molecular weight is 638 g/mol. The predicted molar refractivity (Wildman–Crippen MR) is 160 cm³/mol. The van der Waals surface area contributed by atoms with Gasteiger partial charge in [-0.25, -0.2) is 14.8 Å². The summed E-state index contributed by atoms with van der Waals surface area (Å²) in [5.41, 5.74) is -4.14. The standard InChI is InChI=1S/C31H22F3N3O5S2/c1-41-30(38)24-19-22(17-18-25(24)37-44(39,40)31(32,33)34)42-28-29(43-23-15-9-4-10-16-23)36-27(21-13-7-3-8-14-21)26(35-28)20-11-5-2-6-12-20/h2-19,37H,1H3. The third-order valence-corrected chi connectivity index (χ3v) is 8.11. The molecule has 0 spiro atoms. The van der Waals surface area contributed by atoms with Gasteiger partial charge < -0.3 is 9.47 Å². The third kappa shape index (κ3) is 6.84. The molecule has 1 heterocycles. The van der Waals surface area contributed by atoms with Crippen molar-refractivity contribution in [2.75, 3.05) is 11.8 Å². The summed E-state index contributed by atoms with van der Waals surface area (Å²) in [5, 5.41) is 0.358. The maximum absolute atomic E-state index is 13.0. The van der Waals surface area contributed by atoms with E-state index >= 15 is 0 Å². The molecule has 0 unspecified atom stereocenters. The van der Waals surface area contributed by atoms with Gasteiger partial charge in [-0.15, -0.1) is 0 Å². The Bertz CT molecular complexity index is 1890. The van der Waals surface area contributed by atoms with Crippen molar-refractivity contribution in [3.05, 3.63) is 115 Å². The van der Waals surface area contributed by atoms with Gasteiger partial charge in [0.15, 0.2) is 5.03 Å². The second kappa shape index (κ2) is 12.8. The first-order valence-corrected chi connectivity index (χ1v) is 15.1. The van der Waals surface area contributed by atoms with E-state index in [1.165, 1.54) is 22.6 Å². The van der Waals surface area contributed by atoms with E-state index in [1.807, 2.05) is 91.0 Å². The van der Waals surface area contributed by atoms with Gasteiger partial charge in [-0.1, -0.05) is 90.6 Å². The van der Waals surface area contributed by atoms with Gasteiger partial charge in [0.25, 0.3) is 5.88 Å². The third-order valence-electron chi connectivity index (χ3n) is 6.05. The quantitative estimate of drug-likeness (QED) is 0.163. The number of alkyl halides is 3. The van der Waals surface area contributed by atoms with Crippen LogP contribution in [-0.4, -0.2) is 37.0 Å². The van der Waals surface area contributed by atoms with E-state index in [-0.39, 0.29) is 11.6 Å². The zero-order chi connectivity index (χ0) is 31.3. The number of carbonyl (C=O) groups is 1. The van der Waals surface area contributed by atoms with E-state index in [0.717, 1.165) is 35.3 Å². The van der Waals surface area contributed by atoms with E-state index in [4.69, 9.17) is 14.7 Å². The molecule has 5 rings (SSSR count). The number of hydrogen-bond donors (Lipinski definition) is 1. The van der Waals surface area contributed by atoms with E-state index in [0.29, 0.717) is 16.4 Å². The van der Waals surface area contributed by atoms with E-state index in [9.17, 15) is 26.4 Å². The van der Waals surface area contributed by atoms with E-state index < -0.39 is 32.8 Å². The fraction of sp³-hybridized carbons (Fsp3) is 0.0645. The lowest BCUT2D eigenvalue weighted by Gasteiger charge is -2.17. The number of nitrogens with one attached hydrogen (secondary N) is 1. The second-order valence-corrected chi connectivity index (χ2v) is 11.8. The fourth-order valence-electron chi connectivity index (χ4n) is 4.00. The molecule has 8 nitrogen and oxygen atoms in total. The summed E-state index contributed by atoms with van der Waals surface area (Å²) in [6.45, 7) is 0. The van der Waals surface area contributed by atoms with Crippen molar-refractivity contribution in [3.63, 3.8) is 0 Å². The molecule has 0 fully saturated rings. The summed E-state index contributed by atoms with van der Waals surface area (Å²) in [6.07, 6.45) is 0. The summed E-state index contributed by atoms with van der Waals surface area (Å²) in [5.74, 6) is -1.09. The Morgan fingerprint density at radius 2 is 1.34 bits per heavy atom. The van der Waals surface area contributed by atoms with Crippen molar-refractivity contribution >= 4 is 33.4 Å². The molecule has 4 aromatic carbocycles. The molecule has 13 heteroatoms. The minimum Gasteiger partial charge on any atom is -0.465 e. The lowest BCUT2D eigenvalue weighted by Crippen LogP contribution is -2.30. The molecule has 5 aromatic rings. The minimum absolute atomic E-state index is 0.0314. The Morgan fingerprint density at radius 3 is 1.89 bits per heavy atom. The lowest BCUT2D eigenvalue weighted by atomic mass is 10.0. The number of nitrogens with zero attached hydrogens (tertiary/aromatic N) is 2. The highest BCUT2D eigenvalue weighted by Crippen LogP contribution is 2.40. The number of rotatable bonds is 9. The second-order valence-electron chi connectivity index (χ2n) is 9.03. The normalized spacial score (nSPS) is 11.5. The molecular weight excluding hydrogens is 615 g/mol. The molecule has 0 aliphatic carbocycles. The van der Waals surface area contributed by atoms with Gasteiger partial charge in [0, 0.05) is 16.0 Å². The van der Waals surface area contributed by atoms with Crippen LogP contribution < -0.4 is 9.46 Å². The Balaban J connectivity index is 1.65. The molecule has 0 amide bonds. The molecule has 224 valence electrons. The minimum atomic E-state index is -5.82. The van der Waals surface area contributed by atoms with Crippen molar-refractivity contribution in [2.24, 2.45) is 0 Å². The summed E-state index contributed by atoms with van der Waals surface area (Å²) < 4.78 is 74.9. The van der Waals surface area contributed by atoms with Crippen molar-refractivity contribution in [1.82, 2.24) is 9.97 Å². The maximum atomic E-state index is 13.0. The Kier molecular flexibility index (Phi) is 8.88. The van der Waals surface area contributed by atoms with Gasteiger partial charge in [0.1, 0.15) is 11.4 Å². The highest BCUT2D eigenvalue weighted by atomic mass is 32.2. The molecule has 0 bridgehead atoms. The van der Waals surface area contributed by atoms with Crippen LogP contribution in [0.15, 0.2) is 119 Å². The molecule has 0 radical (unpaired) electrons. The fourth-order valence-corrected chi connectivity index (χ4v) is 5.41. The van der Waals surface area contributed by atoms with Crippen LogP contribution in [0.4, 0.5) is 18.9 Å². The number of hydrogen-bond acceptors (Lipinski definition) is 8. The number of methoxy groups -OCH3 is 1. The van der Waals surface area contributed by atoms with Crippen molar-refractivity contribution in [1.29, 1.82) is 0 Å². The molecule has 0 saturated heterocycles. The van der Waals surface area contributed by atoms with E-state index in [1.54, 1.807) is 0 Å². The van der Waals surface area contributed by atoms with Crippen LogP contribution in [0.5, 0.6) is 11.6 Å². The van der Waals surface area contributed by atoms with Gasteiger partial charge in [-0.3, -0.25) is 4.72 Å². The summed E-state index contributed by atoms with van der Waals surface area (Å²) in [4.78, 5) is 23.1. The van der Waals surface area contributed by atoms with Crippen LogP contribution >= 0.6 is 11.8 Å². The molecule has 0 atom stereocenters. The predicted octanol–water partition coefficient (Wildman–Crippen LogP) is 7.80. The van der Waals surface area contributed by atoms with E-state index in [2.05, 4.69) is 4.74 Å². The van der Waals surface area contributed by atoms with Crippen LogP contribution in [0.3, 0.4) is 0 Å². The molecule has 1 N–H and O–H groups in total. The van der Waals surface area contributed by atoms with Gasteiger partial charge in [-0.05, 0) is 30.3 Å². The molecule has 44 heavy (non-hydrogen) atoms. The molecule has 0 aliphatic heterocycles. The van der Waals surface area contributed by atoms with Crippen LogP contribution in [-0.2, 0) is 14.8 Å². The molecule has 0 saturated carbocycles. The molecule has 1 aromatic heterocycles. The summed E-state index contributed by atoms with van der Waals surface area (Å²) in [6, 6.07) is 31.3. The largest absolute Gasteiger partial charge is 0.516 e. The number of esters is 1. The number of aromatic nitrogens is 2. The SMILES string of the molecule is COC(=O)c1cc(Oc2nc(-c3ccccc3)c(-c3ccccc3)nc2Sc2ccccc2)ccc1NS(=O)(=O)C(F)(F)F. The number of benzene rings is 4. The smallest absolute Gasteiger partial charge is 0.465 e. The van der Waals surface area contributed by atoms with Gasteiger partial charge >= 0.3 is 21.5 Å². The van der Waals surface area contributed by atoms with Crippen molar-refractivity contribution in [3.8, 4) is 34.1 Å². The zero-order valence-electron chi connectivity index (χ0n) is 22.8. The van der Waals surface area contributed by atoms with Gasteiger partial charge in [0.2, 0.25) is 0 Å². The number of ether oxygens (including phenoxy) is 2. The number of anilines is 1. The average Bonchev–Trinajstić information content (AvgIpc) is 3.02. The van der Waals surface area contributed by atoms with Gasteiger partial charge in [0.05, 0.1) is 24.1 Å². The maximum Gasteiger partial charge on any atom is 0.516 e. The Labute approximate surface area is 255 Å². The summed E-state index contributed by atoms with van der Waals surface area (Å²) in [7, 11) is -4.81. The van der Waals surface area contributed by atoms with Crippen LogP contribution in [0.2, 0.25) is 0 Å². The highest BCUT2D eigenvalue weighted by Gasteiger charge is 2.46. The Hall–Kier alpha value is -4.88. The first-order chi connectivity index (χ1) is 21.1. The van der Waals surface area contributed by atoms with Gasteiger partial charge in [-0.2, -0.15) is 21.6 Å². The first-order valence-electron chi connectivity index (χ1n) is 12.8. The number of halogens is 3. The van der Waals surface area contributed by atoms with Crippen molar-refractivity contribution < 1.29 is 35.9 Å². The monoisotopic (exact) mass is 637 g/mol. The van der Waals surface area contributed by atoms with Crippen LogP contribution in [0, 0.1) is 0 Å². The first kappa shape index (κ1) is 30.6. The molecular formula is C31H22F3N3O5S2. The summed E-state index contributed by atoms with van der Waals surface area (Å²) >= 11 is 1.27. The molecule has 0 aliphatic rings. The highest BCUT2D eigenvalue weighted by molar-refractivity contribution is 7.99. The van der Waals surface area contributed by atoms with Crippen LogP contribution in [0.25, 0.3) is 22.5 Å². The Morgan fingerprint density at radius 1 is 0.795 bits per heavy atom.